The molecule has 6 heteroatoms. The summed E-state index contributed by atoms with van der Waals surface area (Å²) < 4.78 is 7.15. The Labute approximate surface area is 144 Å². The number of aryl methyl sites for hydroxylation is 1. The largest absolute Gasteiger partial charge is 0.447 e. The van der Waals surface area contributed by atoms with Gasteiger partial charge in [0.15, 0.2) is 0 Å². The van der Waals surface area contributed by atoms with E-state index >= 15 is 0 Å². The van der Waals surface area contributed by atoms with Gasteiger partial charge in [0, 0.05) is 30.9 Å². The van der Waals surface area contributed by atoms with Gasteiger partial charge >= 0.3 is 6.09 Å². The molecule has 0 unspecified atom stereocenters. The first-order chi connectivity index (χ1) is 11.5. The summed E-state index contributed by atoms with van der Waals surface area (Å²) in [5.41, 5.74) is 1.75. The van der Waals surface area contributed by atoms with Crippen LogP contribution in [0.3, 0.4) is 0 Å². The van der Waals surface area contributed by atoms with Crippen LogP contribution in [0.25, 0.3) is 0 Å². The molecule has 1 aliphatic carbocycles. The van der Waals surface area contributed by atoms with Gasteiger partial charge in [-0.05, 0) is 65.0 Å². The van der Waals surface area contributed by atoms with Crippen LogP contribution in [0.15, 0.2) is 12.4 Å². The van der Waals surface area contributed by atoms with E-state index in [1.165, 1.54) is 18.4 Å². The Hall–Kier alpha value is -1.56. The molecule has 3 rings (SSSR count). The van der Waals surface area contributed by atoms with E-state index in [0.717, 1.165) is 39.0 Å². The molecule has 2 heterocycles. The van der Waals surface area contributed by atoms with Crippen LogP contribution < -0.4 is 5.32 Å². The number of amides is 1. The molecule has 2 aliphatic rings. The van der Waals surface area contributed by atoms with Crippen LogP contribution in [0.5, 0.6) is 0 Å². The zero-order valence-electron chi connectivity index (χ0n) is 15.1. The smallest absolute Gasteiger partial charge is 0.407 e. The van der Waals surface area contributed by atoms with E-state index in [1.807, 2.05) is 24.7 Å². The molecular formula is C18H30N4O2. The van der Waals surface area contributed by atoms with Crippen molar-refractivity contribution < 1.29 is 9.53 Å². The summed E-state index contributed by atoms with van der Waals surface area (Å²) in [6.45, 7) is 10.1. The van der Waals surface area contributed by atoms with Crippen molar-refractivity contribution in [2.45, 2.75) is 71.7 Å². The molecule has 0 atom stereocenters. The minimum absolute atomic E-state index is 0.0562. The van der Waals surface area contributed by atoms with E-state index in [9.17, 15) is 4.79 Å². The third kappa shape index (κ3) is 4.09. The van der Waals surface area contributed by atoms with Crippen molar-refractivity contribution in [3.63, 3.8) is 0 Å². The average molecular weight is 334 g/mol. The van der Waals surface area contributed by atoms with Crippen LogP contribution in [0.1, 0.15) is 52.0 Å². The Morgan fingerprint density at radius 2 is 2.12 bits per heavy atom. The summed E-state index contributed by atoms with van der Waals surface area (Å²) >= 11 is 0. The van der Waals surface area contributed by atoms with Crippen molar-refractivity contribution in [3.05, 3.63) is 18.0 Å². The number of nitrogens with one attached hydrogen (secondary N) is 1. The zero-order valence-corrected chi connectivity index (χ0v) is 15.1. The van der Waals surface area contributed by atoms with Gasteiger partial charge in [-0.3, -0.25) is 9.58 Å². The van der Waals surface area contributed by atoms with Gasteiger partial charge in [-0.15, -0.1) is 0 Å². The van der Waals surface area contributed by atoms with Crippen LogP contribution in [0.2, 0.25) is 0 Å². The van der Waals surface area contributed by atoms with Crippen molar-refractivity contribution in [1.29, 1.82) is 0 Å². The predicted molar refractivity (Wildman–Crippen MR) is 92.6 cm³/mol. The minimum Gasteiger partial charge on any atom is -0.447 e. The Kier molecular flexibility index (Phi) is 5.13. The number of carbonyl (C=O) groups excluding carboxylic acids is 1. The topological polar surface area (TPSA) is 59.4 Å². The predicted octanol–water partition coefficient (Wildman–Crippen LogP) is 2.78. The van der Waals surface area contributed by atoms with Crippen LogP contribution in [0, 0.1) is 5.41 Å². The SMILES string of the molecule is CCn1cc(CN2CCC3(CC2)CC(NC(=O)OC(C)C)C3)cn1. The van der Waals surface area contributed by atoms with Crippen LogP contribution in [0.4, 0.5) is 4.79 Å². The van der Waals surface area contributed by atoms with Crippen LogP contribution >= 0.6 is 0 Å². The Bertz CT molecular complexity index is 553. The van der Waals surface area contributed by atoms with E-state index in [-0.39, 0.29) is 12.2 Å². The quantitative estimate of drug-likeness (QED) is 0.899. The summed E-state index contributed by atoms with van der Waals surface area (Å²) in [6.07, 6.45) is 8.46. The van der Waals surface area contributed by atoms with Crippen molar-refractivity contribution in [1.82, 2.24) is 20.0 Å². The van der Waals surface area contributed by atoms with Crippen LogP contribution in [-0.4, -0.2) is 46.0 Å². The number of likely N-dealkylation sites (tertiary alicyclic amines) is 1. The molecule has 1 aromatic heterocycles. The lowest BCUT2D eigenvalue weighted by atomic mass is 9.60. The number of carbonyl (C=O) groups is 1. The molecule has 6 nitrogen and oxygen atoms in total. The number of alkyl carbamates (subject to hydrolysis) is 1. The summed E-state index contributed by atoms with van der Waals surface area (Å²) in [5.74, 6) is 0. The molecule has 1 saturated carbocycles. The molecule has 0 bridgehead atoms. The first-order valence-electron chi connectivity index (χ1n) is 9.19. The summed E-state index contributed by atoms with van der Waals surface area (Å²) in [6, 6.07) is 0.297. The molecule has 1 aromatic rings. The third-order valence-electron chi connectivity index (χ3n) is 5.36. The highest BCUT2D eigenvalue weighted by Gasteiger charge is 2.46. The van der Waals surface area contributed by atoms with Crippen molar-refractivity contribution in [2.75, 3.05) is 13.1 Å². The highest BCUT2D eigenvalue weighted by Crippen LogP contribution is 2.49. The molecule has 0 aromatic carbocycles. The number of nitrogens with zero attached hydrogens (tertiary/aromatic N) is 3. The molecule has 24 heavy (non-hydrogen) atoms. The maximum atomic E-state index is 11.7. The molecule has 1 aliphatic heterocycles. The lowest BCUT2D eigenvalue weighted by Crippen LogP contribution is -2.55. The zero-order chi connectivity index (χ0) is 17.2. The molecular weight excluding hydrogens is 304 g/mol. The normalized spacial score (nSPS) is 21.0. The molecule has 0 radical (unpaired) electrons. The van der Waals surface area contributed by atoms with Gasteiger partial charge < -0.3 is 10.1 Å². The summed E-state index contributed by atoms with van der Waals surface area (Å²) in [4.78, 5) is 14.2. The lowest BCUT2D eigenvalue weighted by Gasteiger charge is -2.52. The number of ether oxygens (including phenoxy) is 1. The highest BCUT2D eigenvalue weighted by atomic mass is 16.6. The Morgan fingerprint density at radius 3 is 2.71 bits per heavy atom. The molecule has 1 spiro atoms. The molecule has 134 valence electrons. The highest BCUT2D eigenvalue weighted by molar-refractivity contribution is 5.67. The number of hydrogen-bond acceptors (Lipinski definition) is 4. The monoisotopic (exact) mass is 334 g/mol. The number of hydrogen-bond donors (Lipinski definition) is 1. The van der Waals surface area contributed by atoms with Gasteiger partial charge in [0.25, 0.3) is 0 Å². The molecule has 1 N–H and O–H groups in total. The van der Waals surface area contributed by atoms with Gasteiger partial charge in [-0.1, -0.05) is 0 Å². The maximum Gasteiger partial charge on any atom is 0.407 e. The second-order valence-electron chi connectivity index (χ2n) is 7.68. The second-order valence-corrected chi connectivity index (χ2v) is 7.68. The van der Waals surface area contributed by atoms with Gasteiger partial charge in [0.2, 0.25) is 0 Å². The maximum absolute atomic E-state index is 11.7. The van der Waals surface area contributed by atoms with E-state index in [0.29, 0.717) is 11.5 Å². The van der Waals surface area contributed by atoms with Crippen molar-refractivity contribution in [3.8, 4) is 0 Å². The Morgan fingerprint density at radius 1 is 1.42 bits per heavy atom. The first-order valence-corrected chi connectivity index (χ1v) is 9.19. The molecule has 1 amide bonds. The van der Waals surface area contributed by atoms with Gasteiger partial charge in [0.05, 0.1) is 12.3 Å². The summed E-state index contributed by atoms with van der Waals surface area (Å²) in [7, 11) is 0. The van der Waals surface area contributed by atoms with Crippen molar-refractivity contribution in [2.24, 2.45) is 5.41 Å². The minimum atomic E-state index is -0.268. The fourth-order valence-corrected chi connectivity index (χ4v) is 4.02. The van der Waals surface area contributed by atoms with Gasteiger partial charge in [0.1, 0.15) is 0 Å². The van der Waals surface area contributed by atoms with Gasteiger partial charge in [-0.2, -0.15) is 5.10 Å². The Balaban J connectivity index is 1.39. The van der Waals surface area contributed by atoms with E-state index < -0.39 is 0 Å². The van der Waals surface area contributed by atoms with E-state index in [1.54, 1.807) is 0 Å². The standard InChI is InChI=1S/C18H30N4O2/c1-4-22-13-15(11-19-22)12-21-7-5-18(6-8-21)9-16(10-18)20-17(23)24-14(2)3/h11,13-14,16H,4-10,12H2,1-3H3,(H,20,23). The van der Waals surface area contributed by atoms with Crippen LogP contribution in [-0.2, 0) is 17.8 Å². The lowest BCUT2D eigenvalue weighted by molar-refractivity contribution is 0.00186. The van der Waals surface area contributed by atoms with E-state index in [2.05, 4.69) is 28.4 Å². The number of piperidine rings is 1. The van der Waals surface area contributed by atoms with Crippen molar-refractivity contribution >= 4 is 6.09 Å². The number of rotatable bonds is 5. The van der Waals surface area contributed by atoms with E-state index in [4.69, 9.17) is 4.74 Å². The van der Waals surface area contributed by atoms with Gasteiger partial charge in [-0.25, -0.2) is 4.79 Å². The molecule has 2 fully saturated rings. The summed E-state index contributed by atoms with van der Waals surface area (Å²) in [5, 5.41) is 7.35. The second kappa shape index (κ2) is 7.13. The third-order valence-corrected chi connectivity index (χ3v) is 5.36. The average Bonchev–Trinajstić information content (AvgIpc) is 2.94. The fraction of sp³-hybridized carbons (Fsp3) is 0.778. The fourth-order valence-electron chi connectivity index (χ4n) is 4.02. The number of aromatic nitrogens is 2. The first kappa shape index (κ1) is 17.3. The molecule has 1 saturated heterocycles.